The number of nitrogens with zero attached hydrogens (tertiary/aromatic N) is 1. The van der Waals surface area contributed by atoms with Crippen molar-refractivity contribution in [3.8, 4) is 0 Å². The lowest BCUT2D eigenvalue weighted by molar-refractivity contribution is 0.877. The van der Waals surface area contributed by atoms with Crippen molar-refractivity contribution in [2.45, 2.75) is 27.7 Å². The van der Waals surface area contributed by atoms with Crippen LogP contribution in [0.2, 0.25) is 0 Å². The van der Waals surface area contributed by atoms with Crippen LogP contribution in [0.25, 0.3) is 0 Å². The van der Waals surface area contributed by atoms with Crippen molar-refractivity contribution in [2.24, 2.45) is 10.9 Å². The number of thiol groups is 1. The van der Waals surface area contributed by atoms with Gasteiger partial charge in [0.15, 0.2) is 0 Å². The van der Waals surface area contributed by atoms with E-state index < -0.39 is 0 Å². The van der Waals surface area contributed by atoms with E-state index >= 15 is 0 Å². The minimum Gasteiger partial charge on any atom is -0.252 e. The monoisotopic (exact) mass is 157 g/mol. The third kappa shape index (κ3) is 3.72. The van der Waals surface area contributed by atoms with Crippen LogP contribution >= 0.6 is 12.6 Å². The molecule has 0 bridgehead atoms. The quantitative estimate of drug-likeness (QED) is 0.467. The first-order chi connectivity index (χ1) is 4.57. The molecule has 0 N–H and O–H groups in total. The third-order valence-corrected chi connectivity index (χ3v) is 1.74. The average Bonchev–Trinajstić information content (AvgIpc) is 1.87. The smallest absolute Gasteiger partial charge is 0.0885 e. The second-order valence-corrected chi connectivity index (χ2v) is 3.01. The first kappa shape index (κ1) is 9.76. The van der Waals surface area contributed by atoms with Crippen LogP contribution in [0.5, 0.6) is 0 Å². The molecular weight excluding hydrogens is 142 g/mol. The molecule has 0 amide bonds. The van der Waals surface area contributed by atoms with Crippen molar-refractivity contribution in [1.29, 1.82) is 0 Å². The van der Waals surface area contributed by atoms with Gasteiger partial charge < -0.3 is 0 Å². The van der Waals surface area contributed by atoms with Crippen LogP contribution in [-0.2, 0) is 0 Å². The number of allylic oxidation sites excluding steroid dienone is 1. The Balaban J connectivity index is 4.17. The molecule has 0 aliphatic heterocycles. The number of hydrogen-bond donors (Lipinski definition) is 1. The Bertz CT molecular complexity index is 157. The van der Waals surface area contributed by atoms with Crippen LogP contribution < -0.4 is 0 Å². The molecule has 0 saturated carbocycles. The van der Waals surface area contributed by atoms with E-state index in [2.05, 4.69) is 31.5 Å². The van der Waals surface area contributed by atoms with Crippen molar-refractivity contribution in [1.82, 2.24) is 0 Å². The Morgan fingerprint density at radius 3 is 2.30 bits per heavy atom. The summed E-state index contributed by atoms with van der Waals surface area (Å²) < 4.78 is 0. The Labute approximate surface area is 68.7 Å². The second-order valence-electron chi connectivity index (χ2n) is 2.55. The summed E-state index contributed by atoms with van der Waals surface area (Å²) >= 11 is 4.14. The van der Waals surface area contributed by atoms with E-state index in [-0.39, 0.29) is 0 Å². The Morgan fingerprint density at radius 1 is 1.50 bits per heavy atom. The normalized spacial score (nSPS) is 14.6. The molecule has 10 heavy (non-hydrogen) atoms. The van der Waals surface area contributed by atoms with E-state index in [1.807, 2.05) is 19.9 Å². The molecule has 0 aliphatic rings. The van der Waals surface area contributed by atoms with Gasteiger partial charge in [0.05, 0.1) is 5.03 Å². The van der Waals surface area contributed by atoms with Gasteiger partial charge in [-0.1, -0.05) is 19.9 Å². The molecule has 0 unspecified atom stereocenters. The highest BCUT2D eigenvalue weighted by Gasteiger charge is 1.96. The van der Waals surface area contributed by atoms with E-state index in [1.54, 1.807) is 0 Å². The van der Waals surface area contributed by atoms with Crippen molar-refractivity contribution in [3.63, 3.8) is 0 Å². The SMILES string of the molecule is C/C=C(/S)N=C(C)C(C)C. The van der Waals surface area contributed by atoms with E-state index in [9.17, 15) is 0 Å². The summed E-state index contributed by atoms with van der Waals surface area (Å²) in [7, 11) is 0. The van der Waals surface area contributed by atoms with Crippen LogP contribution in [0.3, 0.4) is 0 Å². The van der Waals surface area contributed by atoms with Gasteiger partial charge in [-0.2, -0.15) is 0 Å². The summed E-state index contributed by atoms with van der Waals surface area (Å²) in [6, 6.07) is 0. The fourth-order valence-electron chi connectivity index (χ4n) is 0.374. The fraction of sp³-hybridized carbons (Fsp3) is 0.625. The molecule has 0 aliphatic carbocycles. The molecule has 0 fully saturated rings. The molecule has 0 atom stereocenters. The van der Waals surface area contributed by atoms with Crippen molar-refractivity contribution in [2.75, 3.05) is 0 Å². The van der Waals surface area contributed by atoms with Gasteiger partial charge in [-0.3, -0.25) is 4.99 Å². The summed E-state index contributed by atoms with van der Waals surface area (Å²) in [5.74, 6) is 0.516. The maximum atomic E-state index is 4.24. The first-order valence-corrected chi connectivity index (χ1v) is 3.93. The van der Waals surface area contributed by atoms with Crippen LogP contribution in [0.1, 0.15) is 27.7 Å². The molecule has 0 saturated heterocycles. The lowest BCUT2D eigenvalue weighted by Gasteiger charge is -2.02. The Kier molecular flexibility index (Phi) is 4.45. The lowest BCUT2D eigenvalue weighted by Crippen LogP contribution is -2.00. The summed E-state index contributed by atoms with van der Waals surface area (Å²) in [5, 5.41) is 0.797. The highest BCUT2D eigenvalue weighted by molar-refractivity contribution is 7.84. The van der Waals surface area contributed by atoms with Crippen molar-refractivity contribution in [3.05, 3.63) is 11.1 Å². The molecule has 0 aromatic heterocycles. The molecule has 0 aromatic carbocycles. The molecule has 2 heteroatoms. The predicted molar refractivity (Wildman–Crippen MR) is 50.7 cm³/mol. The van der Waals surface area contributed by atoms with Crippen molar-refractivity contribution < 1.29 is 0 Å². The van der Waals surface area contributed by atoms with E-state index in [4.69, 9.17) is 0 Å². The number of aliphatic imine (C=N–C) groups is 1. The maximum absolute atomic E-state index is 4.24. The van der Waals surface area contributed by atoms with Gasteiger partial charge >= 0.3 is 0 Å². The summed E-state index contributed by atoms with van der Waals surface area (Å²) in [6.07, 6.45) is 1.88. The van der Waals surface area contributed by atoms with Gasteiger partial charge in [-0.15, -0.1) is 12.6 Å². The van der Waals surface area contributed by atoms with Gasteiger partial charge in [0.25, 0.3) is 0 Å². The van der Waals surface area contributed by atoms with Gasteiger partial charge in [-0.05, 0) is 19.8 Å². The highest BCUT2D eigenvalue weighted by atomic mass is 32.1. The zero-order valence-corrected chi connectivity index (χ0v) is 7.94. The van der Waals surface area contributed by atoms with E-state index in [1.165, 1.54) is 0 Å². The molecule has 0 heterocycles. The zero-order valence-electron chi connectivity index (χ0n) is 7.05. The zero-order chi connectivity index (χ0) is 8.15. The van der Waals surface area contributed by atoms with Crippen LogP contribution in [0.15, 0.2) is 16.1 Å². The minimum absolute atomic E-state index is 0.516. The van der Waals surface area contributed by atoms with Crippen LogP contribution in [0.4, 0.5) is 0 Å². The number of rotatable bonds is 2. The topological polar surface area (TPSA) is 12.4 Å². The Morgan fingerprint density at radius 2 is 2.00 bits per heavy atom. The fourth-order valence-corrected chi connectivity index (χ4v) is 0.532. The molecule has 0 aromatic rings. The molecule has 58 valence electrons. The van der Waals surface area contributed by atoms with Crippen LogP contribution in [-0.4, -0.2) is 5.71 Å². The van der Waals surface area contributed by atoms with Gasteiger partial charge in [-0.25, -0.2) is 0 Å². The van der Waals surface area contributed by atoms with Crippen molar-refractivity contribution >= 4 is 18.3 Å². The molecular formula is C8H15NS. The van der Waals surface area contributed by atoms with Gasteiger partial charge in [0.2, 0.25) is 0 Å². The number of hydrogen-bond acceptors (Lipinski definition) is 2. The van der Waals surface area contributed by atoms with E-state index in [0.29, 0.717) is 5.92 Å². The average molecular weight is 157 g/mol. The second kappa shape index (κ2) is 4.56. The minimum atomic E-state index is 0.516. The molecule has 0 radical (unpaired) electrons. The summed E-state index contributed by atoms with van der Waals surface area (Å²) in [4.78, 5) is 4.24. The standard InChI is InChI=1S/C8H15NS/c1-5-8(10)9-7(4)6(2)3/h5-6,10H,1-4H3/b8-5+,9-7?. The molecule has 0 rings (SSSR count). The van der Waals surface area contributed by atoms with Gasteiger partial charge in [0.1, 0.15) is 0 Å². The van der Waals surface area contributed by atoms with Crippen LogP contribution in [0, 0.1) is 5.92 Å². The highest BCUT2D eigenvalue weighted by Crippen LogP contribution is 2.05. The summed E-state index contributed by atoms with van der Waals surface area (Å²) in [6.45, 7) is 8.19. The Hall–Kier alpha value is -0.240. The largest absolute Gasteiger partial charge is 0.252 e. The predicted octanol–water partition coefficient (Wildman–Crippen LogP) is 2.89. The molecule has 1 nitrogen and oxygen atoms in total. The molecule has 0 spiro atoms. The summed E-state index contributed by atoms with van der Waals surface area (Å²) in [5.41, 5.74) is 1.13. The maximum Gasteiger partial charge on any atom is 0.0885 e. The first-order valence-electron chi connectivity index (χ1n) is 3.48. The third-order valence-electron chi connectivity index (χ3n) is 1.38. The van der Waals surface area contributed by atoms with Gasteiger partial charge in [0, 0.05) is 5.71 Å². The lowest BCUT2D eigenvalue weighted by atomic mass is 10.1. The van der Waals surface area contributed by atoms with E-state index in [0.717, 1.165) is 10.7 Å².